The lowest BCUT2D eigenvalue weighted by molar-refractivity contribution is -0.123. The maximum Gasteiger partial charge on any atom is 0.318 e. The van der Waals surface area contributed by atoms with Crippen LogP contribution in [0.5, 0.6) is 5.75 Å². The van der Waals surface area contributed by atoms with E-state index in [0.717, 1.165) is 65.8 Å². The van der Waals surface area contributed by atoms with E-state index < -0.39 is 6.04 Å². The molecule has 1 saturated heterocycles. The maximum atomic E-state index is 13.5. The number of urea groups is 1. The van der Waals surface area contributed by atoms with Crippen LogP contribution in [0.1, 0.15) is 44.2 Å². The van der Waals surface area contributed by atoms with Crippen molar-refractivity contribution in [3.8, 4) is 5.75 Å². The highest BCUT2D eigenvalue weighted by Crippen LogP contribution is 2.33. The molecule has 2 aliphatic heterocycles. The van der Waals surface area contributed by atoms with Gasteiger partial charge in [-0.2, -0.15) is 0 Å². The average Bonchev–Trinajstić information content (AvgIpc) is 3.54. The van der Waals surface area contributed by atoms with E-state index in [1.165, 1.54) is 5.56 Å². The van der Waals surface area contributed by atoms with E-state index in [9.17, 15) is 14.7 Å². The Labute approximate surface area is 288 Å². The number of unbranched alkanes of at least 4 members (excludes halogenated alkanes) is 1. The van der Waals surface area contributed by atoms with Crippen LogP contribution in [0.4, 0.5) is 4.79 Å². The molecule has 0 aliphatic carbocycles. The van der Waals surface area contributed by atoms with Gasteiger partial charge in [0, 0.05) is 50.0 Å². The predicted octanol–water partition coefficient (Wildman–Crippen LogP) is 3.39. The topological polar surface area (TPSA) is 166 Å². The van der Waals surface area contributed by atoms with Crippen molar-refractivity contribution in [2.24, 2.45) is 5.92 Å². The lowest BCUT2D eigenvalue weighted by atomic mass is 9.98. The molecule has 2 atom stereocenters. The van der Waals surface area contributed by atoms with Gasteiger partial charge in [0.2, 0.25) is 5.91 Å². The second-order valence-corrected chi connectivity index (χ2v) is 13.6. The van der Waals surface area contributed by atoms with Gasteiger partial charge in [0.25, 0.3) is 0 Å². The van der Waals surface area contributed by atoms with Gasteiger partial charge in [0.15, 0.2) is 0 Å². The zero-order valence-electron chi connectivity index (χ0n) is 28.1. The molecule has 7 N–H and O–H groups in total. The highest BCUT2D eigenvalue weighted by molar-refractivity contribution is 7.97. The SMILES string of the molecule is CC(C)CN(Sc1ccc2c(c1)CCO2)[C@H](CO)CCCCNC(=O)[C@@H](Cc1cccc2ccccc12)NC(=O)N1CCOCC1.O.O. The van der Waals surface area contributed by atoms with Gasteiger partial charge < -0.3 is 41.1 Å². The fraction of sp³-hybridized carbons (Fsp3) is 0.500. The molecule has 0 unspecified atom stereocenters. The smallest absolute Gasteiger partial charge is 0.318 e. The molecule has 12 heteroatoms. The molecule has 3 amide bonds. The number of morpholine rings is 1. The number of hydrogen-bond donors (Lipinski definition) is 3. The number of amides is 3. The summed E-state index contributed by atoms with van der Waals surface area (Å²) in [4.78, 5) is 29.5. The number of carbonyl (C=O) groups is 2. The van der Waals surface area contributed by atoms with Gasteiger partial charge in [-0.1, -0.05) is 62.7 Å². The first-order valence-corrected chi connectivity index (χ1v) is 17.4. The Hall–Kier alpha value is -3.39. The summed E-state index contributed by atoms with van der Waals surface area (Å²) in [6, 6.07) is 19.6. The van der Waals surface area contributed by atoms with Crippen molar-refractivity contribution in [1.29, 1.82) is 0 Å². The minimum atomic E-state index is -0.706. The Morgan fingerprint density at radius 2 is 1.77 bits per heavy atom. The molecule has 0 bridgehead atoms. The van der Waals surface area contributed by atoms with Gasteiger partial charge in [-0.15, -0.1) is 0 Å². The largest absolute Gasteiger partial charge is 0.493 e. The van der Waals surface area contributed by atoms with Crippen molar-refractivity contribution in [3.05, 3.63) is 71.8 Å². The van der Waals surface area contributed by atoms with Gasteiger partial charge in [0.1, 0.15) is 11.8 Å². The Balaban J connectivity index is 0.00000312. The van der Waals surface area contributed by atoms with Crippen molar-refractivity contribution >= 4 is 34.7 Å². The fourth-order valence-corrected chi connectivity index (χ4v) is 7.34. The average molecular weight is 685 g/mol. The summed E-state index contributed by atoms with van der Waals surface area (Å²) in [6.07, 6.45) is 3.77. The molecule has 11 nitrogen and oxygen atoms in total. The number of nitrogens with zero attached hydrogens (tertiary/aromatic N) is 2. The van der Waals surface area contributed by atoms with Gasteiger partial charge in [0.05, 0.1) is 26.4 Å². The molecule has 5 rings (SSSR count). The number of benzene rings is 3. The van der Waals surface area contributed by atoms with Crippen molar-refractivity contribution < 1.29 is 35.1 Å². The number of fused-ring (bicyclic) bond motifs is 2. The standard InChI is InChI=1S/C36H48N4O5S.2H2O/c1-26(2)24-40(46-31-13-14-34-29(22-31)15-19-45-34)30(25-41)11-5-6-16-37-35(42)33(38-36(43)39-17-20-44-21-18-39)23-28-10-7-9-27-8-3-4-12-32(27)28;;/h3-4,7-10,12-14,22,26,30,33,41H,5-6,11,15-21,23-25H2,1-2H3,(H,37,42)(H,38,43);2*1H2/t30-,33+;;/m0../s1. The zero-order chi connectivity index (χ0) is 32.3. The summed E-state index contributed by atoms with van der Waals surface area (Å²) in [7, 11) is 0. The van der Waals surface area contributed by atoms with Crippen LogP contribution in [0.15, 0.2) is 65.6 Å². The summed E-state index contributed by atoms with van der Waals surface area (Å²) in [5.74, 6) is 1.23. The molecule has 0 spiro atoms. The first kappa shape index (κ1) is 39.1. The summed E-state index contributed by atoms with van der Waals surface area (Å²) in [5, 5.41) is 18.6. The minimum absolute atomic E-state index is 0. The third kappa shape index (κ3) is 10.8. The molecule has 0 aromatic heterocycles. The van der Waals surface area contributed by atoms with E-state index in [0.29, 0.717) is 45.2 Å². The molecule has 3 aromatic carbocycles. The molecule has 0 radical (unpaired) electrons. The number of hydrogen-bond acceptors (Lipinski definition) is 7. The maximum absolute atomic E-state index is 13.5. The number of carbonyl (C=O) groups excluding carboxylic acids is 2. The van der Waals surface area contributed by atoms with E-state index in [2.05, 4.69) is 59.1 Å². The second kappa shape index (κ2) is 19.6. The molecule has 264 valence electrons. The fourth-order valence-electron chi connectivity index (χ4n) is 6.05. The monoisotopic (exact) mass is 684 g/mol. The van der Waals surface area contributed by atoms with E-state index >= 15 is 0 Å². The summed E-state index contributed by atoms with van der Waals surface area (Å²) < 4.78 is 13.4. The quantitative estimate of drug-likeness (QED) is 0.163. The van der Waals surface area contributed by atoms with Crippen molar-refractivity contribution in [1.82, 2.24) is 19.8 Å². The van der Waals surface area contributed by atoms with E-state index in [4.69, 9.17) is 9.47 Å². The summed E-state index contributed by atoms with van der Waals surface area (Å²) >= 11 is 1.70. The number of aliphatic hydroxyl groups is 1. The number of rotatable bonds is 15. The molecular weight excluding hydrogens is 632 g/mol. The Bertz CT molecular complexity index is 1450. The van der Waals surface area contributed by atoms with Gasteiger partial charge in [-0.25, -0.2) is 9.10 Å². The predicted molar refractivity (Wildman–Crippen MR) is 190 cm³/mol. The molecule has 3 aromatic rings. The van der Waals surface area contributed by atoms with Crippen LogP contribution in [0.3, 0.4) is 0 Å². The Morgan fingerprint density at radius 3 is 2.54 bits per heavy atom. The van der Waals surface area contributed by atoms with Crippen LogP contribution in [0, 0.1) is 5.92 Å². The van der Waals surface area contributed by atoms with E-state index in [1.807, 2.05) is 30.3 Å². The summed E-state index contributed by atoms with van der Waals surface area (Å²) in [6.45, 7) is 8.56. The third-order valence-corrected chi connectivity index (χ3v) is 9.67. The third-order valence-electron chi connectivity index (χ3n) is 8.53. The molecule has 48 heavy (non-hydrogen) atoms. The van der Waals surface area contributed by atoms with E-state index in [-0.39, 0.29) is 35.5 Å². The van der Waals surface area contributed by atoms with Crippen molar-refractivity contribution in [2.75, 3.05) is 52.6 Å². The molecule has 2 aliphatic rings. The lowest BCUT2D eigenvalue weighted by Gasteiger charge is -2.31. The van der Waals surface area contributed by atoms with Gasteiger partial charge in [-0.3, -0.25) is 4.79 Å². The molecular formula is C36H52N4O7S. The second-order valence-electron chi connectivity index (χ2n) is 12.5. The lowest BCUT2D eigenvalue weighted by Crippen LogP contribution is -2.54. The van der Waals surface area contributed by atoms with Crippen LogP contribution < -0.4 is 15.4 Å². The first-order chi connectivity index (χ1) is 22.4. The van der Waals surface area contributed by atoms with Gasteiger partial charge in [-0.05, 0) is 70.8 Å². The molecule has 2 heterocycles. The number of nitrogens with one attached hydrogen (secondary N) is 2. The Kier molecular flexibility index (Phi) is 15.9. The first-order valence-electron chi connectivity index (χ1n) is 16.6. The van der Waals surface area contributed by atoms with Crippen molar-refractivity contribution in [2.45, 2.75) is 62.9 Å². The number of aliphatic hydroxyl groups excluding tert-OH is 1. The zero-order valence-corrected chi connectivity index (χ0v) is 28.9. The van der Waals surface area contributed by atoms with E-state index in [1.54, 1.807) is 16.8 Å². The Morgan fingerprint density at radius 1 is 1.00 bits per heavy atom. The highest BCUT2D eigenvalue weighted by atomic mass is 32.2. The molecule has 1 fully saturated rings. The summed E-state index contributed by atoms with van der Waals surface area (Å²) in [5.41, 5.74) is 2.26. The van der Waals surface area contributed by atoms with Crippen LogP contribution in [-0.4, -0.2) is 102 Å². The normalized spacial score (nSPS) is 15.2. The van der Waals surface area contributed by atoms with Crippen LogP contribution in [0.2, 0.25) is 0 Å². The highest BCUT2D eigenvalue weighted by Gasteiger charge is 2.26. The van der Waals surface area contributed by atoms with Crippen LogP contribution >= 0.6 is 11.9 Å². The molecule has 0 saturated carbocycles. The number of ether oxygens (including phenoxy) is 2. The van der Waals surface area contributed by atoms with Crippen LogP contribution in [-0.2, 0) is 22.4 Å². The van der Waals surface area contributed by atoms with Crippen molar-refractivity contribution in [3.63, 3.8) is 0 Å². The van der Waals surface area contributed by atoms with Gasteiger partial charge >= 0.3 is 6.03 Å². The minimum Gasteiger partial charge on any atom is -0.493 e. The van der Waals surface area contributed by atoms with Crippen LogP contribution in [0.25, 0.3) is 10.8 Å².